The van der Waals surface area contributed by atoms with Gasteiger partial charge in [-0.15, -0.1) is 0 Å². The molecule has 0 saturated heterocycles. The van der Waals surface area contributed by atoms with Gasteiger partial charge in [-0.25, -0.2) is 4.79 Å². The van der Waals surface area contributed by atoms with Crippen LogP contribution in [0.15, 0.2) is 6.07 Å². The Morgan fingerprint density at radius 3 is 3.21 bits per heavy atom. The van der Waals surface area contributed by atoms with Gasteiger partial charge < -0.3 is 9.30 Å². The summed E-state index contributed by atoms with van der Waals surface area (Å²) in [5.41, 5.74) is 1.65. The summed E-state index contributed by atoms with van der Waals surface area (Å²) in [4.78, 5) is 11.6. The Bertz CT molecular complexity index is 370. The monoisotopic (exact) mass is 213 g/mol. The predicted molar refractivity (Wildman–Crippen MR) is 53.7 cm³/mol. The fourth-order valence-electron chi connectivity index (χ4n) is 1.85. The van der Waals surface area contributed by atoms with E-state index in [4.69, 9.17) is 16.3 Å². The molecule has 0 bridgehead atoms. The Kier molecular flexibility index (Phi) is 2.50. The second-order valence-corrected chi connectivity index (χ2v) is 3.72. The number of hydrogen-bond donors (Lipinski definition) is 0. The first-order valence-corrected chi connectivity index (χ1v) is 5.17. The summed E-state index contributed by atoms with van der Waals surface area (Å²) in [5, 5.41) is 0.512. The zero-order chi connectivity index (χ0) is 10.1. The molecule has 0 radical (unpaired) electrons. The summed E-state index contributed by atoms with van der Waals surface area (Å²) >= 11 is 5.97. The standard InChI is InChI=1S/C10H12ClNO2/c1-2-14-10(13)9-8(11)6-7-4-3-5-12(7)9/h6H,2-5H2,1H3. The largest absolute Gasteiger partial charge is 0.461 e. The maximum Gasteiger partial charge on any atom is 0.356 e. The first-order chi connectivity index (χ1) is 6.74. The van der Waals surface area contributed by atoms with Gasteiger partial charge in [0.1, 0.15) is 5.69 Å². The van der Waals surface area contributed by atoms with Gasteiger partial charge in [-0.05, 0) is 25.8 Å². The van der Waals surface area contributed by atoms with Gasteiger partial charge in [0, 0.05) is 12.2 Å². The maximum atomic E-state index is 11.6. The second kappa shape index (κ2) is 3.65. The molecular weight excluding hydrogens is 202 g/mol. The molecule has 0 atom stereocenters. The van der Waals surface area contributed by atoms with Gasteiger partial charge in [0.2, 0.25) is 0 Å². The van der Waals surface area contributed by atoms with E-state index >= 15 is 0 Å². The van der Waals surface area contributed by atoms with Crippen LogP contribution in [0.5, 0.6) is 0 Å². The van der Waals surface area contributed by atoms with Gasteiger partial charge in [0.15, 0.2) is 0 Å². The van der Waals surface area contributed by atoms with Crippen LogP contribution in [0.1, 0.15) is 29.5 Å². The molecule has 0 saturated carbocycles. The molecule has 0 aliphatic carbocycles. The number of carbonyl (C=O) groups excluding carboxylic acids is 1. The van der Waals surface area contributed by atoms with Crippen LogP contribution in [0.4, 0.5) is 0 Å². The molecule has 0 unspecified atom stereocenters. The number of carbonyl (C=O) groups is 1. The van der Waals surface area contributed by atoms with Crippen LogP contribution in [-0.2, 0) is 17.7 Å². The van der Waals surface area contributed by atoms with Crippen LogP contribution in [0.3, 0.4) is 0 Å². The minimum atomic E-state index is -0.314. The van der Waals surface area contributed by atoms with Gasteiger partial charge >= 0.3 is 5.97 Å². The van der Waals surface area contributed by atoms with Crippen molar-refractivity contribution in [3.8, 4) is 0 Å². The van der Waals surface area contributed by atoms with Gasteiger partial charge in [-0.3, -0.25) is 0 Å². The number of hydrogen-bond acceptors (Lipinski definition) is 2. The van der Waals surface area contributed by atoms with Crippen LogP contribution >= 0.6 is 11.6 Å². The molecule has 0 spiro atoms. The van der Waals surface area contributed by atoms with Gasteiger partial charge in [-0.2, -0.15) is 0 Å². The zero-order valence-corrected chi connectivity index (χ0v) is 8.80. The van der Waals surface area contributed by atoms with E-state index in [1.54, 1.807) is 6.92 Å². The molecule has 1 aromatic rings. The minimum Gasteiger partial charge on any atom is -0.461 e. The number of nitrogens with zero attached hydrogens (tertiary/aromatic N) is 1. The van der Waals surface area contributed by atoms with Crippen LogP contribution in [0.2, 0.25) is 5.02 Å². The highest BCUT2D eigenvalue weighted by molar-refractivity contribution is 6.33. The van der Waals surface area contributed by atoms with E-state index in [0.29, 0.717) is 17.3 Å². The first kappa shape index (κ1) is 9.59. The molecule has 0 fully saturated rings. The lowest BCUT2D eigenvalue weighted by atomic mass is 10.3. The average molecular weight is 214 g/mol. The second-order valence-electron chi connectivity index (χ2n) is 3.31. The molecule has 0 N–H and O–H groups in total. The number of esters is 1. The summed E-state index contributed by atoms with van der Waals surface area (Å²) < 4.78 is 6.91. The fourth-order valence-corrected chi connectivity index (χ4v) is 2.16. The van der Waals surface area contributed by atoms with E-state index in [0.717, 1.165) is 25.1 Å². The average Bonchev–Trinajstić information content (AvgIpc) is 2.63. The molecule has 0 aromatic carbocycles. The van der Waals surface area contributed by atoms with Gasteiger partial charge in [-0.1, -0.05) is 11.6 Å². The third kappa shape index (κ3) is 1.42. The van der Waals surface area contributed by atoms with Crippen LogP contribution < -0.4 is 0 Å². The van der Waals surface area contributed by atoms with Crippen molar-refractivity contribution in [2.24, 2.45) is 0 Å². The molecule has 2 heterocycles. The SMILES string of the molecule is CCOC(=O)c1c(Cl)cc2n1CCC2. The maximum absolute atomic E-state index is 11.6. The number of rotatable bonds is 2. The molecule has 1 aliphatic heterocycles. The number of aryl methyl sites for hydroxylation is 1. The van der Waals surface area contributed by atoms with E-state index in [1.807, 2.05) is 10.6 Å². The van der Waals surface area contributed by atoms with Crippen molar-refractivity contribution in [1.29, 1.82) is 0 Å². The summed E-state index contributed by atoms with van der Waals surface area (Å²) in [7, 11) is 0. The van der Waals surface area contributed by atoms with Crippen molar-refractivity contribution >= 4 is 17.6 Å². The molecule has 3 nitrogen and oxygen atoms in total. The molecule has 14 heavy (non-hydrogen) atoms. The molecule has 4 heteroatoms. The molecule has 1 aromatic heterocycles. The van der Waals surface area contributed by atoms with Crippen molar-refractivity contribution in [2.45, 2.75) is 26.3 Å². The number of ether oxygens (including phenoxy) is 1. The number of halogens is 1. The van der Waals surface area contributed by atoms with Crippen molar-refractivity contribution in [2.75, 3.05) is 6.61 Å². The van der Waals surface area contributed by atoms with Crippen molar-refractivity contribution in [1.82, 2.24) is 4.57 Å². The minimum absolute atomic E-state index is 0.314. The Morgan fingerprint density at radius 2 is 2.50 bits per heavy atom. The Hall–Kier alpha value is -0.960. The quantitative estimate of drug-likeness (QED) is 0.706. The lowest BCUT2D eigenvalue weighted by Crippen LogP contribution is -2.11. The van der Waals surface area contributed by atoms with Gasteiger partial charge in [0.25, 0.3) is 0 Å². The summed E-state index contributed by atoms with van der Waals surface area (Å²) in [6.07, 6.45) is 2.08. The highest BCUT2D eigenvalue weighted by Gasteiger charge is 2.23. The fraction of sp³-hybridized carbons (Fsp3) is 0.500. The zero-order valence-electron chi connectivity index (χ0n) is 8.05. The lowest BCUT2D eigenvalue weighted by Gasteiger charge is -2.05. The van der Waals surface area contributed by atoms with Crippen LogP contribution in [0.25, 0.3) is 0 Å². The van der Waals surface area contributed by atoms with Crippen molar-refractivity contribution in [3.05, 3.63) is 22.5 Å². The third-order valence-electron chi connectivity index (χ3n) is 2.42. The molecule has 76 valence electrons. The number of fused-ring (bicyclic) bond motifs is 1. The third-order valence-corrected chi connectivity index (χ3v) is 2.71. The van der Waals surface area contributed by atoms with E-state index in [2.05, 4.69) is 0 Å². The first-order valence-electron chi connectivity index (χ1n) is 4.79. The van der Waals surface area contributed by atoms with Gasteiger partial charge in [0.05, 0.1) is 11.6 Å². The molecule has 2 rings (SSSR count). The highest BCUT2D eigenvalue weighted by Crippen LogP contribution is 2.27. The highest BCUT2D eigenvalue weighted by atomic mass is 35.5. The summed E-state index contributed by atoms with van der Waals surface area (Å²) in [5.74, 6) is -0.314. The van der Waals surface area contributed by atoms with E-state index in [-0.39, 0.29) is 5.97 Å². The normalized spacial score (nSPS) is 14.1. The van der Waals surface area contributed by atoms with E-state index < -0.39 is 0 Å². The summed E-state index contributed by atoms with van der Waals surface area (Å²) in [6.45, 7) is 3.05. The smallest absolute Gasteiger partial charge is 0.356 e. The Morgan fingerprint density at radius 1 is 1.71 bits per heavy atom. The van der Waals surface area contributed by atoms with Crippen molar-refractivity contribution in [3.63, 3.8) is 0 Å². The van der Waals surface area contributed by atoms with E-state index in [9.17, 15) is 4.79 Å². The topological polar surface area (TPSA) is 31.2 Å². The Balaban J connectivity index is 2.37. The lowest BCUT2D eigenvalue weighted by molar-refractivity contribution is 0.0514. The number of aromatic nitrogens is 1. The van der Waals surface area contributed by atoms with Crippen LogP contribution in [0, 0.1) is 0 Å². The van der Waals surface area contributed by atoms with Crippen molar-refractivity contribution < 1.29 is 9.53 Å². The van der Waals surface area contributed by atoms with E-state index in [1.165, 1.54) is 0 Å². The molecule has 1 aliphatic rings. The molecule has 0 amide bonds. The van der Waals surface area contributed by atoms with Crippen LogP contribution in [-0.4, -0.2) is 17.1 Å². The summed E-state index contributed by atoms with van der Waals surface area (Å²) in [6, 6.07) is 1.86. The molecular formula is C10H12ClNO2. The Labute approximate surface area is 87.6 Å². The predicted octanol–water partition coefficient (Wildman–Crippen LogP) is 2.26.